The third-order valence-corrected chi connectivity index (χ3v) is 1.52. The Bertz CT molecular complexity index is 160. The van der Waals surface area contributed by atoms with Gasteiger partial charge in [-0.2, -0.15) is 5.26 Å². The van der Waals surface area contributed by atoms with Crippen molar-refractivity contribution in [3.05, 3.63) is 12.2 Å². The molecule has 1 saturated carbocycles. The Hall–Kier alpha value is -0.810. The minimum Gasteiger partial charge on any atom is -0.321 e. The molecule has 0 amide bonds. The molecule has 0 aromatic rings. The van der Waals surface area contributed by atoms with Gasteiger partial charge in [0.05, 0.1) is 11.6 Å². The van der Waals surface area contributed by atoms with Crippen LogP contribution in [0.25, 0.3) is 0 Å². The predicted molar refractivity (Wildman–Crippen MR) is 30.9 cm³/mol. The molecule has 2 N–H and O–H groups in total. The maximum atomic E-state index is 8.28. The van der Waals surface area contributed by atoms with Gasteiger partial charge in [0.25, 0.3) is 0 Å². The number of nitrogens with two attached hydrogens (primary N) is 1. The van der Waals surface area contributed by atoms with Gasteiger partial charge < -0.3 is 5.73 Å². The topological polar surface area (TPSA) is 49.8 Å². The largest absolute Gasteiger partial charge is 0.321 e. The van der Waals surface area contributed by atoms with Crippen LogP contribution in [-0.4, -0.2) is 5.54 Å². The molecule has 0 spiro atoms. The molecule has 0 atom stereocenters. The first-order valence-electron chi connectivity index (χ1n) is 2.57. The van der Waals surface area contributed by atoms with E-state index in [1.807, 2.05) is 6.07 Å². The molecule has 0 unspecified atom stereocenters. The van der Waals surface area contributed by atoms with E-state index in [0.717, 1.165) is 12.8 Å². The molecule has 0 bridgehead atoms. The molecular formula is C6H8N2. The second-order valence-corrected chi connectivity index (χ2v) is 2.25. The summed E-state index contributed by atoms with van der Waals surface area (Å²) in [5, 5.41) is 8.28. The van der Waals surface area contributed by atoms with Crippen molar-refractivity contribution < 1.29 is 0 Å². The molecule has 0 aromatic heterocycles. The highest BCUT2D eigenvalue weighted by molar-refractivity contribution is 5.35. The lowest BCUT2D eigenvalue weighted by molar-refractivity contribution is 0.823. The molecule has 2 heteroatoms. The third kappa shape index (κ3) is 0.613. The summed E-state index contributed by atoms with van der Waals surface area (Å²) in [5.41, 5.74) is 5.81. The highest BCUT2D eigenvalue weighted by atomic mass is 14.8. The first-order valence-corrected chi connectivity index (χ1v) is 2.57. The molecule has 0 aromatic carbocycles. The summed E-state index contributed by atoms with van der Waals surface area (Å²) in [4.78, 5) is 0. The SMILES string of the molecule is C=C(C#N)C1(N)CC1. The maximum Gasteiger partial charge on any atom is 0.0960 e. The quantitative estimate of drug-likeness (QED) is 0.499. The molecular weight excluding hydrogens is 100 g/mol. The second kappa shape index (κ2) is 1.33. The fourth-order valence-electron chi connectivity index (χ4n) is 0.548. The van der Waals surface area contributed by atoms with Gasteiger partial charge in [-0.3, -0.25) is 0 Å². The molecule has 0 heterocycles. The molecule has 1 aliphatic carbocycles. The lowest BCUT2D eigenvalue weighted by Gasteiger charge is -2.00. The molecule has 8 heavy (non-hydrogen) atoms. The Morgan fingerprint density at radius 1 is 1.75 bits per heavy atom. The smallest absolute Gasteiger partial charge is 0.0960 e. The average Bonchev–Trinajstić information content (AvgIpc) is 2.47. The van der Waals surface area contributed by atoms with E-state index >= 15 is 0 Å². The molecule has 0 aliphatic heterocycles. The van der Waals surface area contributed by atoms with Gasteiger partial charge in [0.15, 0.2) is 0 Å². The Kier molecular flexibility index (Phi) is 0.887. The van der Waals surface area contributed by atoms with Gasteiger partial charge in [-0.1, -0.05) is 6.58 Å². The Morgan fingerprint density at radius 3 is 2.38 bits per heavy atom. The summed E-state index contributed by atoms with van der Waals surface area (Å²) in [6, 6.07) is 1.95. The lowest BCUT2D eigenvalue weighted by Crippen LogP contribution is -2.22. The van der Waals surface area contributed by atoms with Crippen LogP contribution >= 0.6 is 0 Å². The number of hydrogen-bond donors (Lipinski definition) is 1. The van der Waals surface area contributed by atoms with Gasteiger partial charge in [0.1, 0.15) is 0 Å². The monoisotopic (exact) mass is 108 g/mol. The van der Waals surface area contributed by atoms with Crippen LogP contribution in [0.15, 0.2) is 12.2 Å². The molecule has 1 aliphatic rings. The standard InChI is InChI=1S/C6H8N2/c1-5(4-7)6(8)2-3-6/h1-3,8H2. The van der Waals surface area contributed by atoms with Crippen LogP contribution in [0.2, 0.25) is 0 Å². The lowest BCUT2D eigenvalue weighted by atomic mass is 10.1. The van der Waals surface area contributed by atoms with Crippen molar-refractivity contribution in [1.29, 1.82) is 5.26 Å². The third-order valence-electron chi connectivity index (χ3n) is 1.52. The van der Waals surface area contributed by atoms with E-state index < -0.39 is 0 Å². The van der Waals surface area contributed by atoms with Crippen LogP contribution < -0.4 is 5.73 Å². The van der Waals surface area contributed by atoms with Crippen LogP contribution in [0.4, 0.5) is 0 Å². The minimum atomic E-state index is -0.297. The van der Waals surface area contributed by atoms with E-state index in [1.165, 1.54) is 0 Å². The average molecular weight is 108 g/mol. The van der Waals surface area contributed by atoms with Crippen molar-refractivity contribution in [2.24, 2.45) is 5.73 Å². The summed E-state index contributed by atoms with van der Waals surface area (Å²) in [6.07, 6.45) is 1.86. The van der Waals surface area contributed by atoms with E-state index in [-0.39, 0.29) is 5.54 Å². The van der Waals surface area contributed by atoms with Crippen LogP contribution in [0.1, 0.15) is 12.8 Å². The Labute approximate surface area is 48.6 Å². The van der Waals surface area contributed by atoms with Crippen molar-refractivity contribution in [3.8, 4) is 6.07 Å². The zero-order chi connectivity index (χ0) is 6.20. The van der Waals surface area contributed by atoms with Crippen molar-refractivity contribution >= 4 is 0 Å². The van der Waals surface area contributed by atoms with Gasteiger partial charge in [-0.05, 0) is 12.8 Å². The van der Waals surface area contributed by atoms with Gasteiger partial charge in [-0.15, -0.1) is 0 Å². The summed E-state index contributed by atoms with van der Waals surface area (Å²) >= 11 is 0. The van der Waals surface area contributed by atoms with Gasteiger partial charge >= 0.3 is 0 Å². The van der Waals surface area contributed by atoms with Crippen molar-refractivity contribution in [1.82, 2.24) is 0 Å². The van der Waals surface area contributed by atoms with Crippen molar-refractivity contribution in [3.63, 3.8) is 0 Å². The van der Waals surface area contributed by atoms with Crippen LogP contribution in [-0.2, 0) is 0 Å². The van der Waals surface area contributed by atoms with Gasteiger partial charge in [-0.25, -0.2) is 0 Å². The highest BCUT2D eigenvalue weighted by Crippen LogP contribution is 2.37. The van der Waals surface area contributed by atoms with Crippen molar-refractivity contribution in [2.45, 2.75) is 18.4 Å². The van der Waals surface area contributed by atoms with Crippen LogP contribution in [0.3, 0.4) is 0 Å². The van der Waals surface area contributed by atoms with Gasteiger partial charge in [0.2, 0.25) is 0 Å². The van der Waals surface area contributed by atoms with E-state index in [9.17, 15) is 0 Å². The maximum absolute atomic E-state index is 8.28. The normalized spacial score (nSPS) is 21.5. The molecule has 2 nitrogen and oxygen atoms in total. The zero-order valence-electron chi connectivity index (χ0n) is 4.65. The summed E-state index contributed by atoms with van der Waals surface area (Å²) in [5.74, 6) is 0. The number of hydrogen-bond acceptors (Lipinski definition) is 2. The summed E-state index contributed by atoms with van der Waals surface area (Å²) in [7, 11) is 0. The predicted octanol–water partition coefficient (Wildman–Crippen LogP) is 0.557. The fourth-order valence-corrected chi connectivity index (χ4v) is 0.548. The molecule has 1 fully saturated rings. The van der Waals surface area contributed by atoms with E-state index in [0.29, 0.717) is 5.57 Å². The Balaban J connectivity index is 2.63. The summed E-state index contributed by atoms with van der Waals surface area (Å²) < 4.78 is 0. The van der Waals surface area contributed by atoms with E-state index in [4.69, 9.17) is 11.0 Å². The second-order valence-electron chi connectivity index (χ2n) is 2.25. The first-order chi connectivity index (χ1) is 3.69. The molecule has 1 rings (SSSR count). The fraction of sp³-hybridized carbons (Fsp3) is 0.500. The van der Waals surface area contributed by atoms with Crippen LogP contribution in [0, 0.1) is 11.3 Å². The number of rotatable bonds is 1. The van der Waals surface area contributed by atoms with Gasteiger partial charge in [0, 0.05) is 5.57 Å². The minimum absolute atomic E-state index is 0.297. The first kappa shape index (κ1) is 5.33. The molecule has 42 valence electrons. The Morgan fingerprint density at radius 2 is 2.25 bits per heavy atom. The number of nitrogens with zero attached hydrogens (tertiary/aromatic N) is 1. The summed E-state index contributed by atoms with van der Waals surface area (Å²) in [6.45, 7) is 3.52. The molecule has 0 saturated heterocycles. The van der Waals surface area contributed by atoms with E-state index in [2.05, 4.69) is 6.58 Å². The van der Waals surface area contributed by atoms with Crippen LogP contribution in [0.5, 0.6) is 0 Å². The van der Waals surface area contributed by atoms with Crippen molar-refractivity contribution in [2.75, 3.05) is 0 Å². The van der Waals surface area contributed by atoms with E-state index in [1.54, 1.807) is 0 Å². The highest BCUT2D eigenvalue weighted by Gasteiger charge is 2.41. The molecule has 0 radical (unpaired) electrons. The zero-order valence-corrected chi connectivity index (χ0v) is 4.65. The number of nitriles is 1.